The van der Waals surface area contributed by atoms with E-state index in [4.69, 9.17) is 56.5 Å². The Morgan fingerprint density at radius 2 is 1.63 bits per heavy atom. The van der Waals surface area contributed by atoms with Crippen LogP contribution in [0.1, 0.15) is 66.3 Å². The fourth-order valence-corrected chi connectivity index (χ4v) is 6.10. The van der Waals surface area contributed by atoms with Crippen LogP contribution in [0.4, 0.5) is 0 Å². The fourth-order valence-electron chi connectivity index (χ4n) is 5.29. The van der Waals surface area contributed by atoms with E-state index in [1.807, 2.05) is 39.6 Å². The topological polar surface area (TPSA) is 113 Å². The zero-order chi connectivity index (χ0) is 37.8. The molecule has 51 heavy (non-hydrogen) atoms. The zero-order valence-corrected chi connectivity index (χ0v) is 33.4. The first-order valence-corrected chi connectivity index (χ1v) is 18.9. The molecule has 0 bridgehead atoms. The van der Waals surface area contributed by atoms with E-state index >= 15 is 0 Å². The van der Waals surface area contributed by atoms with E-state index in [9.17, 15) is 4.79 Å². The number of halogens is 2. The van der Waals surface area contributed by atoms with E-state index in [-0.39, 0.29) is 12.0 Å². The summed E-state index contributed by atoms with van der Waals surface area (Å²) in [6.45, 7) is 12.5. The Morgan fingerprint density at radius 1 is 0.980 bits per heavy atom. The molecule has 2 aromatic carbocycles. The van der Waals surface area contributed by atoms with Crippen molar-refractivity contribution in [3.05, 3.63) is 81.1 Å². The number of esters is 1. The second-order valence-corrected chi connectivity index (χ2v) is 14.2. The van der Waals surface area contributed by atoms with Gasteiger partial charge in [0.1, 0.15) is 37.6 Å². The largest absolute Gasteiger partial charge is 0.493 e. The molecule has 5 rings (SSSR count). The maximum Gasteiger partial charge on any atom is 0.338 e. The zero-order valence-electron chi connectivity index (χ0n) is 29.6. The van der Waals surface area contributed by atoms with Crippen molar-refractivity contribution in [3.63, 3.8) is 0 Å². The predicted molar refractivity (Wildman–Crippen MR) is 209 cm³/mol. The standard InChI is InChI=1S/C33H40Cl2N2O6P2.C2H6.2CH2O/c1-39-31-17-24(7-9-29(31)41-15-12-37-10-13-40-14-11-37)32(38)42-30(18-25-26(34)19-36-20-27(25)35)23-6-8-28(43-33(44)45)22(16-23)5-4-21-2-3-21;3*1-2/h6-9,16-17,19-21,30,33H,2-5,10-15,18,44-45H2,1H3;1-2H3;2*1H2. The lowest BCUT2D eigenvalue weighted by atomic mass is 9.97. The lowest BCUT2D eigenvalue weighted by Crippen LogP contribution is -2.38. The summed E-state index contributed by atoms with van der Waals surface area (Å²) in [5, 5.41) is 0.818. The highest BCUT2D eigenvalue weighted by Gasteiger charge is 2.25. The van der Waals surface area contributed by atoms with Gasteiger partial charge in [-0.3, -0.25) is 9.88 Å². The van der Waals surface area contributed by atoms with Gasteiger partial charge in [-0.15, -0.1) is 0 Å². The first-order valence-electron chi connectivity index (χ1n) is 16.8. The molecular weight excluding hydrogens is 733 g/mol. The summed E-state index contributed by atoms with van der Waals surface area (Å²) < 4.78 is 29.3. The number of rotatable bonds is 15. The van der Waals surface area contributed by atoms with Crippen LogP contribution < -0.4 is 14.2 Å². The molecule has 2 fully saturated rings. The highest BCUT2D eigenvalue weighted by molar-refractivity contribution is 7.37. The first kappa shape index (κ1) is 44.3. The van der Waals surface area contributed by atoms with E-state index < -0.39 is 12.1 Å². The summed E-state index contributed by atoms with van der Waals surface area (Å²) >= 11 is 13.0. The van der Waals surface area contributed by atoms with Crippen molar-refractivity contribution < 1.29 is 38.1 Å². The Labute approximate surface area is 316 Å². The van der Waals surface area contributed by atoms with Gasteiger partial charge in [-0.2, -0.15) is 0 Å². The summed E-state index contributed by atoms with van der Waals surface area (Å²) in [5.74, 6) is 2.08. The molecule has 1 saturated heterocycles. The van der Waals surface area contributed by atoms with E-state index in [0.717, 1.165) is 68.5 Å². The van der Waals surface area contributed by atoms with Crippen LogP contribution in [-0.4, -0.2) is 81.6 Å². The van der Waals surface area contributed by atoms with Crippen LogP contribution in [0.3, 0.4) is 0 Å². The second-order valence-electron chi connectivity index (χ2n) is 11.3. The molecule has 10 nitrogen and oxygen atoms in total. The van der Waals surface area contributed by atoms with Gasteiger partial charge in [0, 0.05) is 38.4 Å². The lowest BCUT2D eigenvalue weighted by Gasteiger charge is -2.26. The van der Waals surface area contributed by atoms with Crippen LogP contribution in [0, 0.1) is 5.92 Å². The number of aromatic nitrogens is 1. The first-order chi connectivity index (χ1) is 24.8. The third-order valence-electron chi connectivity index (χ3n) is 8.00. The van der Waals surface area contributed by atoms with Gasteiger partial charge in [0.25, 0.3) is 0 Å². The summed E-state index contributed by atoms with van der Waals surface area (Å²) in [6, 6.07) is 11.0. The number of ether oxygens (including phenoxy) is 5. The van der Waals surface area contributed by atoms with Crippen LogP contribution in [0.2, 0.25) is 10.0 Å². The minimum Gasteiger partial charge on any atom is -0.493 e. The summed E-state index contributed by atoms with van der Waals surface area (Å²) in [5.41, 5.74) is 2.77. The van der Waals surface area contributed by atoms with Gasteiger partial charge in [0.15, 0.2) is 11.5 Å². The number of nitrogens with zero attached hydrogens (tertiary/aromatic N) is 2. The second kappa shape index (κ2) is 24.4. The number of carbonyl (C=O) groups excluding carboxylic acids is 3. The Morgan fingerprint density at radius 3 is 2.24 bits per heavy atom. The highest BCUT2D eigenvalue weighted by atomic mass is 35.5. The number of aryl methyl sites for hydroxylation is 1. The van der Waals surface area contributed by atoms with Gasteiger partial charge in [-0.05, 0) is 65.8 Å². The van der Waals surface area contributed by atoms with Crippen molar-refractivity contribution in [1.29, 1.82) is 0 Å². The molecule has 3 unspecified atom stereocenters. The molecule has 1 aliphatic heterocycles. The monoisotopic (exact) mass is 782 g/mol. The molecule has 0 radical (unpaired) electrons. The minimum atomic E-state index is -0.679. The van der Waals surface area contributed by atoms with Gasteiger partial charge in [-0.1, -0.05) is 74.4 Å². The molecule has 280 valence electrons. The molecular formula is C37H50Cl2N2O8P2. The molecule has 3 aromatic rings. The molecule has 1 saturated carbocycles. The third kappa shape index (κ3) is 14.6. The van der Waals surface area contributed by atoms with Crippen molar-refractivity contribution in [3.8, 4) is 17.2 Å². The number of hydrogen-bond acceptors (Lipinski definition) is 10. The van der Waals surface area contributed by atoms with Gasteiger partial charge in [-0.25, -0.2) is 4.79 Å². The Balaban J connectivity index is 0.00000143. The summed E-state index contributed by atoms with van der Waals surface area (Å²) in [6.07, 6.45) is 7.17. The third-order valence-corrected chi connectivity index (χ3v) is 8.92. The molecule has 1 aliphatic carbocycles. The predicted octanol–water partition coefficient (Wildman–Crippen LogP) is 7.66. The minimum absolute atomic E-state index is 0.125. The molecule has 2 aliphatic rings. The maximum absolute atomic E-state index is 13.7. The van der Waals surface area contributed by atoms with Crippen LogP contribution in [-0.2, 0) is 31.9 Å². The van der Waals surface area contributed by atoms with Crippen molar-refractivity contribution in [2.75, 3.05) is 46.6 Å². The average Bonchev–Trinajstić information content (AvgIpc) is 4.00. The number of benzene rings is 2. The number of hydrogen-bond donors (Lipinski definition) is 0. The van der Waals surface area contributed by atoms with E-state index in [1.54, 1.807) is 37.7 Å². The number of pyridine rings is 1. The summed E-state index contributed by atoms with van der Waals surface area (Å²) in [7, 11) is 6.83. The van der Waals surface area contributed by atoms with E-state index in [1.165, 1.54) is 12.8 Å². The van der Waals surface area contributed by atoms with Crippen molar-refractivity contribution in [2.24, 2.45) is 5.92 Å². The van der Waals surface area contributed by atoms with Crippen molar-refractivity contribution >= 4 is 61.2 Å². The molecule has 0 spiro atoms. The molecule has 14 heteroatoms. The molecule has 2 heterocycles. The Bertz CT molecular complexity index is 1470. The average molecular weight is 784 g/mol. The summed E-state index contributed by atoms with van der Waals surface area (Å²) in [4.78, 5) is 36.0. The highest BCUT2D eigenvalue weighted by Crippen LogP contribution is 2.38. The smallest absolute Gasteiger partial charge is 0.338 e. The van der Waals surface area contributed by atoms with Gasteiger partial charge >= 0.3 is 5.97 Å². The number of morpholine rings is 1. The number of methoxy groups -OCH3 is 1. The Hall–Kier alpha value is -2.84. The lowest BCUT2D eigenvalue weighted by molar-refractivity contribution is -0.0987. The van der Waals surface area contributed by atoms with Crippen LogP contribution >= 0.6 is 41.7 Å². The van der Waals surface area contributed by atoms with Crippen molar-refractivity contribution in [1.82, 2.24) is 9.88 Å². The SMILES string of the molecule is C=O.C=O.CC.COc1cc(C(=O)OC(Cc2c(Cl)cncc2Cl)c2ccc(OC(P)P)c(CCC3CC3)c2)ccc1OCCN1CCOCC1. The van der Waals surface area contributed by atoms with E-state index in [2.05, 4.69) is 34.4 Å². The normalized spacial score (nSPS) is 14.4. The van der Waals surface area contributed by atoms with Crippen LogP contribution in [0.25, 0.3) is 0 Å². The van der Waals surface area contributed by atoms with Gasteiger partial charge in [0.05, 0.1) is 35.9 Å². The van der Waals surface area contributed by atoms with Gasteiger partial charge in [0.2, 0.25) is 0 Å². The Kier molecular flexibility index (Phi) is 21.2. The van der Waals surface area contributed by atoms with Crippen LogP contribution in [0.5, 0.6) is 17.2 Å². The van der Waals surface area contributed by atoms with Crippen molar-refractivity contribution in [2.45, 2.75) is 57.6 Å². The molecule has 3 atom stereocenters. The van der Waals surface area contributed by atoms with Crippen LogP contribution in [0.15, 0.2) is 48.8 Å². The molecule has 0 amide bonds. The van der Waals surface area contributed by atoms with E-state index in [0.29, 0.717) is 39.3 Å². The fraction of sp³-hybridized carbons (Fsp3) is 0.459. The van der Waals surface area contributed by atoms with Gasteiger partial charge < -0.3 is 33.3 Å². The molecule has 0 N–H and O–H groups in total. The maximum atomic E-state index is 13.7. The number of carbonyl (C=O) groups is 3. The quantitative estimate of drug-likeness (QED) is 0.113. The molecule has 1 aromatic heterocycles.